The molecule has 0 amide bonds. The number of nitrogens with one attached hydrogen (secondary N) is 2. The van der Waals surface area contributed by atoms with Crippen molar-refractivity contribution in [2.75, 3.05) is 12.5 Å². The predicted octanol–water partition coefficient (Wildman–Crippen LogP) is 2.81. The van der Waals surface area contributed by atoms with Gasteiger partial charge in [-0.1, -0.05) is 36.4 Å². The molecule has 0 unspecified atom stereocenters. The first kappa shape index (κ1) is 14.6. The largest absolute Gasteiger partial charge is 0.463 e. The Balaban J connectivity index is 2.19. The third-order valence-electron chi connectivity index (χ3n) is 2.83. The van der Waals surface area contributed by atoms with Crippen LogP contribution in [-0.4, -0.2) is 18.9 Å². The highest BCUT2D eigenvalue weighted by Gasteiger charge is 2.12. The third-order valence-corrected chi connectivity index (χ3v) is 2.83. The summed E-state index contributed by atoms with van der Waals surface area (Å²) >= 11 is 0. The normalized spacial score (nSPS) is 10.9. The zero-order chi connectivity index (χ0) is 15.1. The minimum absolute atomic E-state index is 0.0932. The Kier molecular flexibility index (Phi) is 4.93. The van der Waals surface area contributed by atoms with Crippen molar-refractivity contribution < 1.29 is 9.53 Å². The van der Waals surface area contributed by atoms with Crippen LogP contribution in [0.4, 0.5) is 11.4 Å². The van der Waals surface area contributed by atoms with Gasteiger partial charge < -0.3 is 4.74 Å². The van der Waals surface area contributed by atoms with Crippen molar-refractivity contribution in [1.29, 1.82) is 0 Å². The van der Waals surface area contributed by atoms with Gasteiger partial charge in [0.2, 0.25) is 5.84 Å². The standard InChI is InChI=1S/C16H17N3O2/c1-12-8-6-7-11-14(12)17-15(16(20)21-2)19-18-13-9-4-3-5-10-13/h3-11,18H,1-2H3,(H,17,19). The summed E-state index contributed by atoms with van der Waals surface area (Å²) in [6, 6.07) is 17.0. The van der Waals surface area contributed by atoms with E-state index < -0.39 is 5.97 Å². The molecule has 0 bridgehead atoms. The van der Waals surface area contributed by atoms with Gasteiger partial charge in [-0.15, -0.1) is 0 Å². The van der Waals surface area contributed by atoms with Crippen LogP contribution in [0.3, 0.4) is 0 Å². The smallest absolute Gasteiger partial charge is 0.375 e. The zero-order valence-corrected chi connectivity index (χ0v) is 12.0. The van der Waals surface area contributed by atoms with Crippen LogP contribution in [-0.2, 0) is 9.53 Å². The second kappa shape index (κ2) is 7.09. The van der Waals surface area contributed by atoms with Gasteiger partial charge in [0.15, 0.2) is 0 Å². The molecule has 0 heterocycles. The van der Waals surface area contributed by atoms with E-state index in [2.05, 4.69) is 15.8 Å². The van der Waals surface area contributed by atoms with Gasteiger partial charge in [0.1, 0.15) is 0 Å². The fourth-order valence-electron chi connectivity index (χ4n) is 1.68. The lowest BCUT2D eigenvalue weighted by Crippen LogP contribution is -2.36. The van der Waals surface area contributed by atoms with Gasteiger partial charge in [0.25, 0.3) is 0 Å². The van der Waals surface area contributed by atoms with Crippen LogP contribution >= 0.6 is 0 Å². The maximum atomic E-state index is 11.8. The number of hydrazine groups is 1. The SMILES string of the molecule is COC(=O)C(=Nc1ccccc1C)NNc1ccccc1. The third kappa shape index (κ3) is 4.07. The number of aryl methyl sites for hydroxylation is 1. The maximum absolute atomic E-state index is 11.8. The van der Waals surface area contributed by atoms with E-state index in [9.17, 15) is 4.79 Å². The van der Waals surface area contributed by atoms with Crippen LogP contribution in [0.1, 0.15) is 5.56 Å². The molecule has 0 atom stereocenters. The molecule has 108 valence electrons. The van der Waals surface area contributed by atoms with E-state index in [1.807, 2.05) is 61.5 Å². The molecule has 5 heteroatoms. The summed E-state index contributed by atoms with van der Waals surface area (Å²) in [5, 5.41) is 0. The average Bonchev–Trinajstić information content (AvgIpc) is 2.53. The highest BCUT2D eigenvalue weighted by molar-refractivity contribution is 6.36. The Morgan fingerprint density at radius 2 is 1.71 bits per heavy atom. The lowest BCUT2D eigenvalue weighted by Gasteiger charge is -2.11. The summed E-state index contributed by atoms with van der Waals surface area (Å²) in [7, 11) is 1.32. The van der Waals surface area contributed by atoms with E-state index in [1.54, 1.807) is 0 Å². The number of methoxy groups -OCH3 is 1. The molecule has 2 N–H and O–H groups in total. The molecule has 5 nitrogen and oxygen atoms in total. The zero-order valence-electron chi connectivity index (χ0n) is 12.0. The van der Waals surface area contributed by atoms with Crippen LogP contribution in [0.25, 0.3) is 0 Å². The quantitative estimate of drug-likeness (QED) is 0.393. The maximum Gasteiger partial charge on any atom is 0.375 e. The number of aliphatic imine (C=N–C) groups is 1. The lowest BCUT2D eigenvalue weighted by molar-refractivity contribution is -0.132. The Morgan fingerprint density at radius 1 is 1.05 bits per heavy atom. The summed E-state index contributed by atoms with van der Waals surface area (Å²) in [6.07, 6.45) is 0. The van der Waals surface area contributed by atoms with Crippen molar-refractivity contribution in [2.45, 2.75) is 6.92 Å². The molecule has 0 radical (unpaired) electrons. The second-order valence-electron chi connectivity index (χ2n) is 4.35. The molecule has 21 heavy (non-hydrogen) atoms. The van der Waals surface area contributed by atoms with Crippen molar-refractivity contribution in [1.82, 2.24) is 5.43 Å². The number of esters is 1. The Morgan fingerprint density at radius 3 is 2.38 bits per heavy atom. The molecule has 0 aliphatic carbocycles. The van der Waals surface area contributed by atoms with Gasteiger partial charge >= 0.3 is 5.97 Å². The molecule has 2 aromatic carbocycles. The number of carbonyl (C=O) groups excluding carboxylic acids is 1. The number of hydrogen-bond donors (Lipinski definition) is 2. The molecule has 2 aromatic rings. The van der Waals surface area contributed by atoms with Crippen molar-refractivity contribution in [3.63, 3.8) is 0 Å². The molecule has 2 rings (SSSR count). The fraction of sp³-hybridized carbons (Fsp3) is 0.125. The first-order valence-electron chi connectivity index (χ1n) is 6.50. The summed E-state index contributed by atoms with van der Waals surface area (Å²) < 4.78 is 4.74. The molecule has 0 aliphatic rings. The Labute approximate surface area is 123 Å². The number of hydrogen-bond acceptors (Lipinski definition) is 4. The summed E-state index contributed by atoms with van der Waals surface area (Å²) in [5.41, 5.74) is 8.21. The molecule has 0 spiro atoms. The molecular formula is C16H17N3O2. The highest BCUT2D eigenvalue weighted by Crippen LogP contribution is 2.17. The van der Waals surface area contributed by atoms with Crippen LogP contribution < -0.4 is 10.9 Å². The van der Waals surface area contributed by atoms with E-state index in [0.29, 0.717) is 5.69 Å². The van der Waals surface area contributed by atoms with E-state index in [-0.39, 0.29) is 5.84 Å². The second-order valence-corrected chi connectivity index (χ2v) is 4.35. The number of rotatable bonds is 3. The van der Waals surface area contributed by atoms with E-state index in [0.717, 1.165) is 11.3 Å². The Bertz CT molecular complexity index is 639. The van der Waals surface area contributed by atoms with E-state index in [4.69, 9.17) is 4.74 Å². The van der Waals surface area contributed by atoms with Crippen LogP contribution in [0, 0.1) is 6.92 Å². The average molecular weight is 283 g/mol. The van der Waals surface area contributed by atoms with Gasteiger partial charge in [-0.05, 0) is 30.7 Å². The molecular weight excluding hydrogens is 266 g/mol. The van der Waals surface area contributed by atoms with Gasteiger partial charge in [-0.25, -0.2) is 9.79 Å². The number of para-hydroxylation sites is 2. The topological polar surface area (TPSA) is 62.7 Å². The monoisotopic (exact) mass is 283 g/mol. The van der Waals surface area contributed by atoms with Crippen molar-refractivity contribution >= 4 is 23.2 Å². The number of benzene rings is 2. The number of carbonyl (C=O) groups is 1. The van der Waals surface area contributed by atoms with Crippen LogP contribution in [0.2, 0.25) is 0 Å². The van der Waals surface area contributed by atoms with E-state index >= 15 is 0 Å². The van der Waals surface area contributed by atoms with Gasteiger partial charge in [0, 0.05) is 0 Å². The first-order chi connectivity index (χ1) is 10.2. The number of ether oxygens (including phenoxy) is 1. The fourth-order valence-corrected chi connectivity index (χ4v) is 1.68. The lowest BCUT2D eigenvalue weighted by atomic mass is 10.2. The number of anilines is 1. The van der Waals surface area contributed by atoms with E-state index in [1.165, 1.54) is 7.11 Å². The first-order valence-corrected chi connectivity index (χ1v) is 6.50. The van der Waals surface area contributed by atoms with Crippen molar-refractivity contribution in [2.24, 2.45) is 4.99 Å². The van der Waals surface area contributed by atoms with Gasteiger partial charge in [0.05, 0.1) is 18.5 Å². The molecule has 0 fully saturated rings. The van der Waals surface area contributed by atoms with Gasteiger partial charge in [-0.2, -0.15) is 0 Å². The Hall–Kier alpha value is -2.82. The molecule has 0 aromatic heterocycles. The number of nitrogens with zero attached hydrogens (tertiary/aromatic N) is 1. The molecule has 0 aliphatic heterocycles. The van der Waals surface area contributed by atoms with Crippen molar-refractivity contribution in [3.05, 3.63) is 60.2 Å². The minimum Gasteiger partial charge on any atom is -0.463 e. The molecule has 0 saturated heterocycles. The predicted molar refractivity (Wildman–Crippen MR) is 83.5 cm³/mol. The number of amidine groups is 1. The van der Waals surface area contributed by atoms with Gasteiger partial charge in [-0.3, -0.25) is 10.9 Å². The van der Waals surface area contributed by atoms with Crippen LogP contribution in [0.15, 0.2) is 59.6 Å². The summed E-state index contributed by atoms with van der Waals surface area (Å²) in [6.45, 7) is 1.93. The summed E-state index contributed by atoms with van der Waals surface area (Å²) in [5.74, 6) is -0.447. The highest BCUT2D eigenvalue weighted by atomic mass is 16.5. The molecule has 0 saturated carbocycles. The van der Waals surface area contributed by atoms with Crippen LogP contribution in [0.5, 0.6) is 0 Å². The van der Waals surface area contributed by atoms with Crippen molar-refractivity contribution in [3.8, 4) is 0 Å². The minimum atomic E-state index is -0.540. The summed E-state index contributed by atoms with van der Waals surface area (Å²) in [4.78, 5) is 16.1.